The first-order chi connectivity index (χ1) is 3.80. The van der Waals surface area contributed by atoms with Gasteiger partial charge in [-0.25, -0.2) is 0 Å². The van der Waals surface area contributed by atoms with E-state index in [1.807, 2.05) is 0 Å². The van der Waals surface area contributed by atoms with E-state index in [1.165, 1.54) is 0 Å². The molecule has 1 aliphatic heterocycles. The van der Waals surface area contributed by atoms with Gasteiger partial charge in [-0.1, -0.05) is 11.6 Å². The van der Waals surface area contributed by atoms with Crippen LogP contribution in [0.4, 0.5) is 0 Å². The highest BCUT2D eigenvalue weighted by Crippen LogP contribution is 1.96. The van der Waals surface area contributed by atoms with Gasteiger partial charge in [0.05, 0.1) is 5.71 Å². The molecule has 44 valence electrons. The zero-order chi connectivity index (χ0) is 5.98. The number of nitrogens with one attached hydrogen (secondary N) is 2. The summed E-state index contributed by atoms with van der Waals surface area (Å²) in [5.74, 6) is 0. The van der Waals surface area contributed by atoms with E-state index >= 15 is 0 Å². The van der Waals surface area contributed by atoms with Crippen LogP contribution >= 0.6 is 11.6 Å². The summed E-state index contributed by atoms with van der Waals surface area (Å²) in [6.45, 7) is 0.731. The first-order valence-electron chi connectivity index (χ1n) is 2.34. The Kier molecular flexibility index (Phi) is 1.48. The van der Waals surface area contributed by atoms with Crippen LogP contribution in [0.15, 0.2) is 5.10 Å². The summed E-state index contributed by atoms with van der Waals surface area (Å²) < 4.78 is 0. The van der Waals surface area contributed by atoms with Crippen molar-refractivity contribution in [1.82, 2.24) is 5.43 Å². The fourth-order valence-corrected chi connectivity index (χ4v) is 0.631. The molecular formula is C4H6ClN3. The highest BCUT2D eigenvalue weighted by Gasteiger charge is 2.06. The third-order valence-corrected chi connectivity index (χ3v) is 1.23. The first kappa shape index (κ1) is 5.56. The van der Waals surface area contributed by atoms with Crippen LogP contribution in [0, 0.1) is 5.41 Å². The van der Waals surface area contributed by atoms with E-state index < -0.39 is 0 Å². The molecule has 0 radical (unpaired) electrons. The van der Waals surface area contributed by atoms with Crippen LogP contribution in [-0.4, -0.2) is 17.4 Å². The van der Waals surface area contributed by atoms with Crippen LogP contribution < -0.4 is 5.43 Å². The lowest BCUT2D eigenvalue weighted by Gasteiger charge is -2.07. The Morgan fingerprint density at radius 1 is 1.75 bits per heavy atom. The topological polar surface area (TPSA) is 48.2 Å². The van der Waals surface area contributed by atoms with Gasteiger partial charge < -0.3 is 10.8 Å². The Bertz CT molecular complexity index is 140. The second-order valence-electron chi connectivity index (χ2n) is 1.54. The van der Waals surface area contributed by atoms with Crippen LogP contribution in [-0.2, 0) is 0 Å². The zero-order valence-corrected chi connectivity index (χ0v) is 5.00. The Labute approximate surface area is 52.2 Å². The molecule has 0 amide bonds. The maximum atomic E-state index is 7.09. The standard InChI is InChI=1S/C4H6ClN3/c5-4-3(6)1-2-7-8-4/h6-7H,1-2H2. The minimum absolute atomic E-state index is 0.288. The second kappa shape index (κ2) is 2.13. The van der Waals surface area contributed by atoms with Gasteiger partial charge in [0.25, 0.3) is 0 Å². The van der Waals surface area contributed by atoms with E-state index in [9.17, 15) is 0 Å². The molecule has 0 saturated carbocycles. The molecule has 0 aromatic carbocycles. The second-order valence-corrected chi connectivity index (χ2v) is 1.90. The quantitative estimate of drug-likeness (QED) is 0.496. The van der Waals surface area contributed by atoms with Crippen LogP contribution in [0.5, 0.6) is 0 Å². The zero-order valence-electron chi connectivity index (χ0n) is 4.24. The van der Waals surface area contributed by atoms with E-state index in [0.717, 1.165) is 6.54 Å². The van der Waals surface area contributed by atoms with Crippen molar-refractivity contribution in [3.05, 3.63) is 0 Å². The van der Waals surface area contributed by atoms with Crippen LogP contribution in [0.3, 0.4) is 0 Å². The Hall–Kier alpha value is -0.570. The molecule has 8 heavy (non-hydrogen) atoms. The number of hydrazone groups is 1. The summed E-state index contributed by atoms with van der Waals surface area (Å²) in [4.78, 5) is 0. The fourth-order valence-electron chi connectivity index (χ4n) is 0.477. The number of nitrogens with zero attached hydrogens (tertiary/aromatic N) is 1. The van der Waals surface area contributed by atoms with Gasteiger partial charge in [0, 0.05) is 13.0 Å². The van der Waals surface area contributed by atoms with Gasteiger partial charge >= 0.3 is 0 Å². The molecule has 3 nitrogen and oxygen atoms in total. The Morgan fingerprint density at radius 3 is 2.88 bits per heavy atom. The van der Waals surface area contributed by atoms with Crippen molar-refractivity contribution >= 4 is 22.5 Å². The van der Waals surface area contributed by atoms with Crippen molar-refractivity contribution in [2.24, 2.45) is 5.10 Å². The minimum atomic E-state index is 0.288. The lowest BCUT2D eigenvalue weighted by molar-refractivity contribution is 0.745. The fraction of sp³-hybridized carbons (Fsp3) is 0.500. The van der Waals surface area contributed by atoms with Crippen LogP contribution in [0.1, 0.15) is 6.42 Å². The molecule has 4 heteroatoms. The number of halogens is 1. The van der Waals surface area contributed by atoms with Gasteiger partial charge in [-0.15, -0.1) is 0 Å². The van der Waals surface area contributed by atoms with Gasteiger partial charge in [-0.2, -0.15) is 5.10 Å². The maximum absolute atomic E-state index is 7.09. The molecule has 0 aromatic heterocycles. The van der Waals surface area contributed by atoms with Crippen molar-refractivity contribution in [2.45, 2.75) is 6.42 Å². The molecule has 0 unspecified atom stereocenters. The van der Waals surface area contributed by atoms with Crippen LogP contribution in [0.25, 0.3) is 0 Å². The van der Waals surface area contributed by atoms with Gasteiger partial charge in [0.15, 0.2) is 5.17 Å². The number of rotatable bonds is 0. The van der Waals surface area contributed by atoms with Gasteiger partial charge in [-0.3, -0.25) is 0 Å². The lowest BCUT2D eigenvalue weighted by Crippen LogP contribution is -2.24. The molecule has 2 N–H and O–H groups in total. The monoisotopic (exact) mass is 131 g/mol. The van der Waals surface area contributed by atoms with Crippen molar-refractivity contribution < 1.29 is 0 Å². The molecule has 1 aliphatic rings. The first-order valence-corrected chi connectivity index (χ1v) is 2.72. The van der Waals surface area contributed by atoms with E-state index in [2.05, 4.69) is 10.5 Å². The molecule has 1 rings (SSSR count). The summed E-state index contributed by atoms with van der Waals surface area (Å²) in [6.07, 6.45) is 0.683. The summed E-state index contributed by atoms with van der Waals surface area (Å²) in [6, 6.07) is 0. The molecule has 0 aromatic rings. The maximum Gasteiger partial charge on any atom is 0.169 e. The van der Waals surface area contributed by atoms with E-state index in [4.69, 9.17) is 17.0 Å². The molecule has 0 bridgehead atoms. The van der Waals surface area contributed by atoms with E-state index in [-0.39, 0.29) is 5.17 Å². The van der Waals surface area contributed by atoms with E-state index in [1.54, 1.807) is 0 Å². The summed E-state index contributed by atoms with van der Waals surface area (Å²) in [5.41, 5.74) is 3.10. The van der Waals surface area contributed by atoms with Crippen LogP contribution in [0.2, 0.25) is 0 Å². The third-order valence-electron chi connectivity index (χ3n) is 0.913. The van der Waals surface area contributed by atoms with Gasteiger partial charge in [0.1, 0.15) is 0 Å². The number of hydrogen-bond acceptors (Lipinski definition) is 3. The normalized spacial score (nSPS) is 19.6. The molecular weight excluding hydrogens is 126 g/mol. The van der Waals surface area contributed by atoms with Gasteiger partial charge in [-0.05, 0) is 0 Å². The van der Waals surface area contributed by atoms with Crippen molar-refractivity contribution in [3.63, 3.8) is 0 Å². The van der Waals surface area contributed by atoms with Gasteiger partial charge in [0.2, 0.25) is 0 Å². The highest BCUT2D eigenvalue weighted by atomic mass is 35.5. The largest absolute Gasteiger partial charge is 0.308 e. The molecule has 0 spiro atoms. The van der Waals surface area contributed by atoms with E-state index in [0.29, 0.717) is 12.1 Å². The summed E-state index contributed by atoms with van der Waals surface area (Å²) in [5, 5.41) is 11.0. The molecule has 0 saturated heterocycles. The molecule has 0 aliphatic carbocycles. The minimum Gasteiger partial charge on any atom is -0.308 e. The number of hydrogen-bond donors (Lipinski definition) is 2. The van der Waals surface area contributed by atoms with Crippen molar-refractivity contribution in [1.29, 1.82) is 5.41 Å². The average molecular weight is 132 g/mol. The Balaban J connectivity index is 2.67. The van der Waals surface area contributed by atoms with Crippen molar-refractivity contribution in [3.8, 4) is 0 Å². The Morgan fingerprint density at radius 2 is 2.50 bits per heavy atom. The third kappa shape index (κ3) is 0.980. The average Bonchev–Trinajstić information content (AvgIpc) is 1.77. The smallest absolute Gasteiger partial charge is 0.169 e. The highest BCUT2D eigenvalue weighted by molar-refractivity contribution is 6.83. The molecule has 0 fully saturated rings. The van der Waals surface area contributed by atoms with Crippen molar-refractivity contribution in [2.75, 3.05) is 6.54 Å². The lowest BCUT2D eigenvalue weighted by atomic mass is 10.3. The molecule has 0 atom stereocenters. The molecule has 1 heterocycles. The summed E-state index contributed by atoms with van der Waals surface area (Å²) >= 11 is 5.43. The SMILES string of the molecule is N=C1CCNN=C1Cl. The predicted molar refractivity (Wildman–Crippen MR) is 33.6 cm³/mol. The summed E-state index contributed by atoms with van der Waals surface area (Å²) in [7, 11) is 0. The predicted octanol–water partition coefficient (Wildman–Crippen LogP) is 0.552.